The van der Waals surface area contributed by atoms with Crippen LogP contribution in [-0.4, -0.2) is 36.2 Å². The highest BCUT2D eigenvalue weighted by Gasteiger charge is 2.24. The van der Waals surface area contributed by atoms with Crippen LogP contribution < -0.4 is 5.32 Å². The summed E-state index contributed by atoms with van der Waals surface area (Å²) >= 11 is 0. The number of rotatable bonds is 5. The molecule has 2 rings (SSSR count). The quantitative estimate of drug-likeness (QED) is 0.827. The van der Waals surface area contributed by atoms with Crippen LogP contribution in [0.1, 0.15) is 5.56 Å². The molecule has 1 atom stereocenters. The molecule has 0 spiro atoms. The number of benzene rings is 1. The lowest BCUT2D eigenvalue weighted by Gasteiger charge is -2.18. The lowest BCUT2D eigenvalue weighted by Crippen LogP contribution is -2.43. The van der Waals surface area contributed by atoms with Crippen molar-refractivity contribution in [3.8, 4) is 0 Å². The van der Waals surface area contributed by atoms with Gasteiger partial charge >= 0.3 is 5.97 Å². The minimum Gasteiger partial charge on any atom is -0.494 e. The fraction of sp³-hybridized carbons (Fsp3) is 0.286. The number of carbonyl (C=O) groups is 2. The van der Waals surface area contributed by atoms with Crippen LogP contribution in [0.15, 0.2) is 42.4 Å². The highest BCUT2D eigenvalue weighted by molar-refractivity contribution is 5.94. The summed E-state index contributed by atoms with van der Waals surface area (Å²) in [5.41, 5.74) is 0.829. The van der Waals surface area contributed by atoms with Crippen LogP contribution in [-0.2, 0) is 25.5 Å². The standard InChI is InChI=1S/C14H15NO5/c16-13(12-9-19-6-7-20-12)15-11(14(17)18)8-10-4-2-1-3-5-10/h1-5,9,11H,6-8H2,(H,15,16)(H,17,18)/t11-/m1/s1. The summed E-state index contributed by atoms with van der Waals surface area (Å²) in [7, 11) is 0. The third kappa shape index (κ3) is 3.74. The maximum atomic E-state index is 11.9. The third-order valence-corrected chi connectivity index (χ3v) is 2.76. The van der Waals surface area contributed by atoms with E-state index < -0.39 is 17.9 Å². The highest BCUT2D eigenvalue weighted by atomic mass is 16.6. The molecule has 2 N–H and O–H groups in total. The zero-order valence-corrected chi connectivity index (χ0v) is 10.7. The number of carboxylic acids is 1. The van der Waals surface area contributed by atoms with Crippen molar-refractivity contribution < 1.29 is 24.2 Å². The van der Waals surface area contributed by atoms with Gasteiger partial charge in [0.25, 0.3) is 5.91 Å². The monoisotopic (exact) mass is 277 g/mol. The number of hydrogen-bond donors (Lipinski definition) is 2. The van der Waals surface area contributed by atoms with E-state index in [2.05, 4.69) is 5.32 Å². The molecule has 1 amide bonds. The summed E-state index contributed by atoms with van der Waals surface area (Å²) in [6, 6.07) is 8.07. The molecule has 106 valence electrons. The molecule has 0 bridgehead atoms. The van der Waals surface area contributed by atoms with Gasteiger partial charge < -0.3 is 19.9 Å². The Hall–Kier alpha value is -2.50. The Morgan fingerprint density at radius 3 is 2.60 bits per heavy atom. The van der Waals surface area contributed by atoms with Crippen LogP contribution in [0.4, 0.5) is 0 Å². The molecule has 0 aliphatic carbocycles. The Labute approximate surface area is 116 Å². The van der Waals surface area contributed by atoms with E-state index in [0.717, 1.165) is 5.56 Å². The first-order chi connectivity index (χ1) is 9.66. The second-order valence-electron chi connectivity index (χ2n) is 4.26. The van der Waals surface area contributed by atoms with E-state index in [4.69, 9.17) is 9.47 Å². The van der Waals surface area contributed by atoms with E-state index in [9.17, 15) is 14.7 Å². The van der Waals surface area contributed by atoms with Crippen LogP contribution in [0, 0.1) is 0 Å². The summed E-state index contributed by atoms with van der Waals surface area (Å²) in [5.74, 6) is -1.69. The van der Waals surface area contributed by atoms with Crippen molar-refractivity contribution in [2.75, 3.05) is 13.2 Å². The largest absolute Gasteiger partial charge is 0.494 e. The van der Waals surface area contributed by atoms with Crippen molar-refractivity contribution in [1.82, 2.24) is 5.32 Å². The zero-order valence-electron chi connectivity index (χ0n) is 10.7. The number of amides is 1. The Morgan fingerprint density at radius 2 is 2.00 bits per heavy atom. The molecule has 0 fully saturated rings. The molecule has 6 nitrogen and oxygen atoms in total. The minimum atomic E-state index is -1.10. The molecular formula is C14H15NO5. The van der Waals surface area contributed by atoms with Gasteiger partial charge in [-0.3, -0.25) is 4.79 Å². The van der Waals surface area contributed by atoms with Crippen molar-refractivity contribution >= 4 is 11.9 Å². The Bertz CT molecular complexity index is 512. The number of carboxylic acid groups (broad SMARTS) is 1. The van der Waals surface area contributed by atoms with E-state index in [-0.39, 0.29) is 18.8 Å². The molecule has 0 saturated heterocycles. The highest BCUT2D eigenvalue weighted by Crippen LogP contribution is 2.07. The van der Waals surface area contributed by atoms with Crippen LogP contribution in [0.3, 0.4) is 0 Å². The van der Waals surface area contributed by atoms with Gasteiger partial charge in [0.1, 0.15) is 25.5 Å². The molecular weight excluding hydrogens is 262 g/mol. The molecule has 0 unspecified atom stereocenters. The lowest BCUT2D eigenvalue weighted by atomic mass is 10.1. The van der Waals surface area contributed by atoms with Crippen molar-refractivity contribution in [3.63, 3.8) is 0 Å². The van der Waals surface area contributed by atoms with Crippen LogP contribution in [0.2, 0.25) is 0 Å². The first kappa shape index (κ1) is 13.9. The summed E-state index contributed by atoms with van der Waals surface area (Å²) in [4.78, 5) is 23.1. The van der Waals surface area contributed by atoms with Gasteiger partial charge in [-0.2, -0.15) is 0 Å². The van der Waals surface area contributed by atoms with Gasteiger partial charge in [0.15, 0.2) is 0 Å². The van der Waals surface area contributed by atoms with Gasteiger partial charge in [-0.25, -0.2) is 4.79 Å². The zero-order chi connectivity index (χ0) is 14.4. The van der Waals surface area contributed by atoms with Gasteiger partial charge in [-0.1, -0.05) is 30.3 Å². The molecule has 1 aromatic carbocycles. The molecule has 6 heteroatoms. The van der Waals surface area contributed by atoms with E-state index >= 15 is 0 Å². The molecule has 0 saturated carbocycles. The fourth-order valence-corrected chi connectivity index (χ4v) is 1.77. The van der Waals surface area contributed by atoms with Gasteiger partial charge in [0, 0.05) is 6.42 Å². The predicted octanol–water partition coefficient (Wildman–Crippen LogP) is 0.687. The molecule has 0 aromatic heterocycles. The summed E-state index contributed by atoms with van der Waals surface area (Å²) < 4.78 is 10.1. The Morgan fingerprint density at radius 1 is 1.25 bits per heavy atom. The smallest absolute Gasteiger partial charge is 0.326 e. The van der Waals surface area contributed by atoms with Crippen LogP contribution in [0.5, 0.6) is 0 Å². The number of aliphatic carboxylic acids is 1. The normalized spacial score (nSPS) is 15.3. The topological polar surface area (TPSA) is 84.9 Å². The maximum absolute atomic E-state index is 11.9. The van der Waals surface area contributed by atoms with Crippen molar-refractivity contribution in [2.24, 2.45) is 0 Å². The predicted molar refractivity (Wildman–Crippen MR) is 69.7 cm³/mol. The molecule has 1 aromatic rings. The van der Waals surface area contributed by atoms with Gasteiger partial charge in [-0.05, 0) is 5.56 Å². The van der Waals surface area contributed by atoms with E-state index in [1.807, 2.05) is 30.3 Å². The molecule has 1 aliphatic rings. The van der Waals surface area contributed by atoms with Gasteiger partial charge in [-0.15, -0.1) is 0 Å². The summed E-state index contributed by atoms with van der Waals surface area (Å²) in [5, 5.41) is 11.6. The SMILES string of the molecule is O=C(N[C@H](Cc1ccccc1)C(=O)O)C1=COCCO1. The Kier molecular flexibility index (Phi) is 4.60. The van der Waals surface area contributed by atoms with Crippen molar-refractivity contribution in [3.05, 3.63) is 47.9 Å². The van der Waals surface area contributed by atoms with E-state index in [1.54, 1.807) is 0 Å². The Balaban J connectivity index is 2.00. The second-order valence-corrected chi connectivity index (χ2v) is 4.26. The first-order valence-corrected chi connectivity index (χ1v) is 6.19. The fourth-order valence-electron chi connectivity index (χ4n) is 1.77. The molecule has 0 radical (unpaired) electrons. The second kappa shape index (κ2) is 6.60. The van der Waals surface area contributed by atoms with Crippen LogP contribution in [0.25, 0.3) is 0 Å². The number of hydrogen-bond acceptors (Lipinski definition) is 4. The minimum absolute atomic E-state index is 0.00411. The molecule has 20 heavy (non-hydrogen) atoms. The van der Waals surface area contributed by atoms with E-state index in [1.165, 1.54) is 6.26 Å². The van der Waals surface area contributed by atoms with Crippen molar-refractivity contribution in [2.45, 2.75) is 12.5 Å². The van der Waals surface area contributed by atoms with Crippen molar-refractivity contribution in [1.29, 1.82) is 0 Å². The number of nitrogens with one attached hydrogen (secondary N) is 1. The average molecular weight is 277 g/mol. The molecule has 1 aliphatic heterocycles. The average Bonchev–Trinajstić information content (AvgIpc) is 2.48. The molecule has 1 heterocycles. The van der Waals surface area contributed by atoms with Gasteiger partial charge in [0.05, 0.1) is 0 Å². The maximum Gasteiger partial charge on any atom is 0.326 e. The summed E-state index contributed by atoms with van der Waals surface area (Å²) in [6.45, 7) is 0.652. The third-order valence-electron chi connectivity index (χ3n) is 2.76. The van der Waals surface area contributed by atoms with Crippen LogP contribution >= 0.6 is 0 Å². The van der Waals surface area contributed by atoms with Gasteiger partial charge in [0.2, 0.25) is 5.76 Å². The lowest BCUT2D eigenvalue weighted by molar-refractivity contribution is -0.141. The first-order valence-electron chi connectivity index (χ1n) is 6.19. The number of carbonyl (C=O) groups excluding carboxylic acids is 1. The van der Waals surface area contributed by atoms with E-state index in [0.29, 0.717) is 6.61 Å². The summed E-state index contributed by atoms with van der Waals surface area (Å²) in [6.07, 6.45) is 1.40. The number of ether oxygens (including phenoxy) is 2.